The van der Waals surface area contributed by atoms with Gasteiger partial charge in [0.05, 0.1) is 24.4 Å². The van der Waals surface area contributed by atoms with Crippen LogP contribution in [0.3, 0.4) is 0 Å². The van der Waals surface area contributed by atoms with E-state index >= 15 is 0 Å². The highest BCUT2D eigenvalue weighted by molar-refractivity contribution is 6.12. The molecule has 1 heterocycles. The first-order valence-electron chi connectivity index (χ1n) is 11.1. The summed E-state index contributed by atoms with van der Waals surface area (Å²) in [5.74, 6) is -4.29. The monoisotopic (exact) mass is 479 g/mol. The van der Waals surface area contributed by atoms with Crippen LogP contribution in [0.2, 0.25) is 0 Å². The smallest absolute Gasteiger partial charge is 0.416 e. The Morgan fingerprint density at radius 1 is 1.21 bits per heavy atom. The maximum absolute atomic E-state index is 13.6. The molecule has 0 radical (unpaired) electrons. The number of alkyl halides is 3. The molecule has 184 valence electrons. The maximum atomic E-state index is 13.6. The number of nitrogens with one attached hydrogen (secondary N) is 1. The third-order valence-electron chi connectivity index (χ3n) is 6.42. The van der Waals surface area contributed by atoms with E-state index in [1.54, 1.807) is 20.8 Å². The summed E-state index contributed by atoms with van der Waals surface area (Å²) in [5, 5.41) is 3.12. The minimum atomic E-state index is -4.53. The number of halogens is 3. The number of hydrogen-bond donors (Lipinski definition) is 1. The molecule has 0 fully saturated rings. The molecular formula is C25H28F3NO5. The van der Waals surface area contributed by atoms with Crippen molar-refractivity contribution in [2.24, 2.45) is 11.8 Å². The number of rotatable bonds is 5. The predicted molar refractivity (Wildman–Crippen MR) is 117 cm³/mol. The van der Waals surface area contributed by atoms with Gasteiger partial charge in [0.25, 0.3) is 0 Å². The standard InChI is InChI=1S/C25H28F3NO5/c1-6-13(3)34-24(32)19-14(4)29-17-11-12(2)18(23(31)33-5)22(30)21(17)20(19)15-7-9-16(10-8-15)25(26,27)28/h7-10,12-13,18,20,29H,6,11H2,1-5H3/t12-,13+,18-,20+/m1/s1. The largest absolute Gasteiger partial charge is 0.468 e. The maximum Gasteiger partial charge on any atom is 0.416 e. The first kappa shape index (κ1) is 25.5. The molecule has 1 aromatic carbocycles. The van der Waals surface area contributed by atoms with Crippen LogP contribution in [-0.4, -0.2) is 30.9 Å². The van der Waals surface area contributed by atoms with Gasteiger partial charge in [0.2, 0.25) is 0 Å². The van der Waals surface area contributed by atoms with Gasteiger partial charge in [0.1, 0.15) is 5.92 Å². The molecule has 1 aliphatic carbocycles. The van der Waals surface area contributed by atoms with Crippen LogP contribution in [0.4, 0.5) is 13.2 Å². The Balaban J connectivity index is 2.17. The lowest BCUT2D eigenvalue weighted by Crippen LogP contribution is -2.43. The van der Waals surface area contributed by atoms with E-state index in [4.69, 9.17) is 9.47 Å². The van der Waals surface area contributed by atoms with Crippen molar-refractivity contribution < 1.29 is 37.0 Å². The number of dihydropyridines is 1. The molecular weight excluding hydrogens is 451 g/mol. The number of carbonyl (C=O) groups is 3. The van der Waals surface area contributed by atoms with Crippen LogP contribution >= 0.6 is 0 Å². The normalized spacial score (nSPS) is 23.8. The molecule has 0 saturated carbocycles. The van der Waals surface area contributed by atoms with Crippen LogP contribution in [0, 0.1) is 11.8 Å². The van der Waals surface area contributed by atoms with Crippen LogP contribution in [0.15, 0.2) is 46.8 Å². The molecule has 0 aromatic heterocycles. The second kappa shape index (κ2) is 9.64. The summed E-state index contributed by atoms with van der Waals surface area (Å²) < 4.78 is 49.8. The first-order chi connectivity index (χ1) is 15.9. The van der Waals surface area contributed by atoms with E-state index in [0.29, 0.717) is 29.8 Å². The van der Waals surface area contributed by atoms with Crippen molar-refractivity contribution in [2.75, 3.05) is 7.11 Å². The fourth-order valence-corrected chi connectivity index (χ4v) is 4.48. The lowest BCUT2D eigenvalue weighted by molar-refractivity contribution is -0.151. The van der Waals surface area contributed by atoms with Gasteiger partial charge in [0, 0.05) is 22.9 Å². The molecule has 0 saturated heterocycles. The van der Waals surface area contributed by atoms with Gasteiger partial charge in [-0.15, -0.1) is 0 Å². The minimum absolute atomic E-state index is 0.130. The zero-order valence-corrected chi connectivity index (χ0v) is 19.7. The van der Waals surface area contributed by atoms with Crippen molar-refractivity contribution in [1.29, 1.82) is 0 Å². The second-order valence-electron chi connectivity index (χ2n) is 8.78. The molecule has 34 heavy (non-hydrogen) atoms. The molecule has 0 unspecified atom stereocenters. The van der Waals surface area contributed by atoms with Gasteiger partial charge in [-0.25, -0.2) is 4.79 Å². The summed E-state index contributed by atoms with van der Waals surface area (Å²) in [6, 6.07) is 4.34. The molecule has 9 heteroatoms. The van der Waals surface area contributed by atoms with E-state index in [-0.39, 0.29) is 17.1 Å². The molecule has 2 aliphatic rings. The fourth-order valence-electron chi connectivity index (χ4n) is 4.48. The van der Waals surface area contributed by atoms with Crippen molar-refractivity contribution in [3.63, 3.8) is 0 Å². The van der Waals surface area contributed by atoms with Crippen LogP contribution < -0.4 is 5.32 Å². The summed E-state index contributed by atoms with van der Waals surface area (Å²) in [6.45, 7) is 6.99. The van der Waals surface area contributed by atoms with E-state index in [2.05, 4.69) is 5.32 Å². The quantitative estimate of drug-likeness (QED) is 0.489. The van der Waals surface area contributed by atoms with Crippen molar-refractivity contribution in [3.05, 3.63) is 57.9 Å². The average molecular weight is 479 g/mol. The lowest BCUT2D eigenvalue weighted by Gasteiger charge is -2.38. The summed E-state index contributed by atoms with van der Waals surface area (Å²) in [7, 11) is 1.19. The van der Waals surface area contributed by atoms with E-state index in [1.165, 1.54) is 19.2 Å². The molecule has 1 aliphatic heterocycles. The Kier molecular flexibility index (Phi) is 7.24. The highest BCUT2D eigenvalue weighted by Gasteiger charge is 2.47. The van der Waals surface area contributed by atoms with Crippen LogP contribution in [0.25, 0.3) is 0 Å². The molecule has 0 amide bonds. The van der Waals surface area contributed by atoms with Gasteiger partial charge in [-0.1, -0.05) is 26.0 Å². The second-order valence-corrected chi connectivity index (χ2v) is 8.78. The van der Waals surface area contributed by atoms with Crippen molar-refractivity contribution >= 4 is 17.7 Å². The van der Waals surface area contributed by atoms with Crippen molar-refractivity contribution in [3.8, 4) is 0 Å². The molecule has 0 bridgehead atoms. The van der Waals surface area contributed by atoms with Gasteiger partial charge in [-0.05, 0) is 50.3 Å². The highest BCUT2D eigenvalue weighted by atomic mass is 19.4. The van der Waals surface area contributed by atoms with Crippen LogP contribution in [-0.2, 0) is 30.0 Å². The van der Waals surface area contributed by atoms with Gasteiger partial charge < -0.3 is 14.8 Å². The third-order valence-corrected chi connectivity index (χ3v) is 6.42. The number of methoxy groups -OCH3 is 1. The number of hydrogen-bond acceptors (Lipinski definition) is 6. The SMILES string of the molecule is CC[C@H](C)OC(=O)C1=C(C)NC2=C(C(=O)[C@H](C(=O)OC)[C@H](C)C2)[C@H]1c1ccc(C(F)(F)F)cc1. The fraction of sp³-hybridized carbons (Fsp3) is 0.480. The van der Waals surface area contributed by atoms with Crippen LogP contribution in [0.5, 0.6) is 0 Å². The van der Waals surface area contributed by atoms with E-state index in [1.807, 2.05) is 6.92 Å². The number of benzene rings is 1. The van der Waals surface area contributed by atoms with Gasteiger partial charge >= 0.3 is 18.1 Å². The van der Waals surface area contributed by atoms with Gasteiger partial charge in [-0.3, -0.25) is 9.59 Å². The summed E-state index contributed by atoms with van der Waals surface area (Å²) in [6.07, 6.45) is -4.04. The minimum Gasteiger partial charge on any atom is -0.468 e. The van der Waals surface area contributed by atoms with Crippen LogP contribution in [0.1, 0.15) is 57.6 Å². The van der Waals surface area contributed by atoms with E-state index in [0.717, 1.165) is 12.1 Å². The predicted octanol–water partition coefficient (Wildman–Crippen LogP) is 4.66. The number of ketones is 1. The molecule has 1 aromatic rings. The van der Waals surface area contributed by atoms with Gasteiger partial charge in [-0.2, -0.15) is 13.2 Å². The Labute approximate surface area is 196 Å². The third kappa shape index (κ3) is 4.74. The average Bonchev–Trinajstić information content (AvgIpc) is 2.77. The zero-order valence-electron chi connectivity index (χ0n) is 19.7. The number of carbonyl (C=O) groups excluding carboxylic acids is 3. The summed E-state index contributed by atoms with van der Waals surface area (Å²) in [4.78, 5) is 39.2. The molecule has 3 rings (SSSR count). The molecule has 0 spiro atoms. The highest BCUT2D eigenvalue weighted by Crippen LogP contribution is 2.46. The topological polar surface area (TPSA) is 81.7 Å². The Bertz CT molecular complexity index is 1060. The molecule has 6 nitrogen and oxygen atoms in total. The Morgan fingerprint density at radius 2 is 1.82 bits per heavy atom. The van der Waals surface area contributed by atoms with E-state index in [9.17, 15) is 27.6 Å². The first-order valence-corrected chi connectivity index (χ1v) is 11.1. The van der Waals surface area contributed by atoms with Crippen molar-refractivity contribution in [1.82, 2.24) is 5.32 Å². The molecule has 1 N–H and O–H groups in total. The lowest BCUT2D eigenvalue weighted by atomic mass is 9.69. The summed E-state index contributed by atoms with van der Waals surface area (Å²) >= 11 is 0. The summed E-state index contributed by atoms with van der Waals surface area (Å²) in [5.41, 5.74) is 0.776. The Hall–Kier alpha value is -3.10. The zero-order chi connectivity index (χ0) is 25.4. The van der Waals surface area contributed by atoms with Crippen molar-refractivity contribution in [2.45, 2.75) is 58.7 Å². The number of esters is 2. The number of allylic oxidation sites excluding steroid dienone is 3. The number of ether oxygens (including phenoxy) is 2. The molecule has 4 atom stereocenters. The van der Waals surface area contributed by atoms with E-state index < -0.39 is 47.4 Å². The van der Waals surface area contributed by atoms with Gasteiger partial charge in [0.15, 0.2) is 5.78 Å². The Morgan fingerprint density at radius 3 is 2.35 bits per heavy atom. The number of Topliss-reactive ketones (excluding diaryl/α,β-unsaturated/α-hetero) is 1.